The lowest BCUT2D eigenvalue weighted by Crippen LogP contribution is -2.30. The first-order valence-corrected chi connectivity index (χ1v) is 9.22. The van der Waals surface area contributed by atoms with Crippen LogP contribution in [0.15, 0.2) is 54.6 Å². The van der Waals surface area contributed by atoms with Gasteiger partial charge in [0.1, 0.15) is 11.6 Å². The molecule has 2 aromatic carbocycles. The summed E-state index contributed by atoms with van der Waals surface area (Å²) in [4.78, 5) is 23.9. The maximum absolute atomic E-state index is 12.9. The minimum absolute atomic E-state index is 0.00171. The van der Waals surface area contributed by atoms with Crippen LogP contribution in [0.25, 0.3) is 0 Å². The molecule has 0 radical (unpaired) electrons. The van der Waals surface area contributed by atoms with Crippen LogP contribution in [0.4, 0.5) is 4.39 Å². The number of ketones is 2. The van der Waals surface area contributed by atoms with Crippen LogP contribution in [0.3, 0.4) is 0 Å². The standard InChI is InChI=1S/C16H19FO2.C8H6/c1-10-7-13(11(2)18)9-14(8-10)16(19)12-3-5-15(17)6-4-12;1-2-8-6-4-3-5-7-8/h3-6,10,13-14H,7-9H2,1-2H3;1,3-7H/t10-,13+,14?;/m0./s1. The van der Waals surface area contributed by atoms with Gasteiger partial charge in [0.15, 0.2) is 5.78 Å². The Balaban J connectivity index is 0.000000273. The Morgan fingerprint density at radius 3 is 2.07 bits per heavy atom. The molecule has 0 N–H and O–H groups in total. The molecule has 2 nitrogen and oxygen atoms in total. The van der Waals surface area contributed by atoms with Crippen LogP contribution >= 0.6 is 0 Å². The van der Waals surface area contributed by atoms with E-state index in [9.17, 15) is 14.0 Å². The molecule has 1 aliphatic rings. The minimum atomic E-state index is -0.338. The first kappa shape index (κ1) is 20.6. The smallest absolute Gasteiger partial charge is 0.165 e. The van der Waals surface area contributed by atoms with Gasteiger partial charge in [0.05, 0.1) is 0 Å². The lowest BCUT2D eigenvalue weighted by atomic mass is 9.72. The fourth-order valence-corrected chi connectivity index (χ4v) is 3.53. The molecule has 3 atom stereocenters. The molecule has 2 aromatic rings. The normalized spacial score (nSPS) is 21.3. The maximum atomic E-state index is 12.9. The molecule has 0 saturated heterocycles. The van der Waals surface area contributed by atoms with Crippen molar-refractivity contribution in [2.75, 3.05) is 0 Å². The molecular formula is C24H25FO2. The lowest BCUT2D eigenvalue weighted by Gasteiger charge is -2.31. The average molecular weight is 364 g/mol. The van der Waals surface area contributed by atoms with Crippen LogP contribution in [-0.4, -0.2) is 11.6 Å². The molecule has 0 aliphatic heterocycles. The molecule has 3 heteroatoms. The predicted molar refractivity (Wildman–Crippen MR) is 106 cm³/mol. The predicted octanol–water partition coefficient (Wildman–Crippen LogP) is 5.32. The van der Waals surface area contributed by atoms with Crippen molar-refractivity contribution in [3.63, 3.8) is 0 Å². The average Bonchev–Trinajstić information content (AvgIpc) is 2.68. The van der Waals surface area contributed by atoms with Crippen molar-refractivity contribution in [2.45, 2.75) is 33.1 Å². The Morgan fingerprint density at radius 2 is 1.56 bits per heavy atom. The maximum Gasteiger partial charge on any atom is 0.165 e. The quantitative estimate of drug-likeness (QED) is 0.546. The van der Waals surface area contributed by atoms with Crippen molar-refractivity contribution >= 4 is 11.6 Å². The Morgan fingerprint density at radius 1 is 0.963 bits per heavy atom. The first-order chi connectivity index (χ1) is 12.9. The van der Waals surface area contributed by atoms with Gasteiger partial charge >= 0.3 is 0 Å². The topological polar surface area (TPSA) is 34.1 Å². The Kier molecular flexibility index (Phi) is 7.49. The molecular weight excluding hydrogens is 339 g/mol. The molecule has 1 fully saturated rings. The van der Waals surface area contributed by atoms with Crippen molar-refractivity contribution in [2.24, 2.45) is 17.8 Å². The molecule has 3 rings (SSSR count). The molecule has 0 spiro atoms. The summed E-state index contributed by atoms with van der Waals surface area (Å²) < 4.78 is 12.9. The molecule has 27 heavy (non-hydrogen) atoms. The summed E-state index contributed by atoms with van der Waals surface area (Å²) in [6.45, 7) is 3.68. The van der Waals surface area contributed by atoms with E-state index in [4.69, 9.17) is 6.42 Å². The third-order valence-corrected chi connectivity index (χ3v) is 4.96. The van der Waals surface area contributed by atoms with Gasteiger partial charge in [0, 0.05) is 23.0 Å². The van der Waals surface area contributed by atoms with E-state index in [1.165, 1.54) is 24.3 Å². The van der Waals surface area contributed by atoms with Crippen LogP contribution in [0.1, 0.15) is 49.0 Å². The van der Waals surface area contributed by atoms with Gasteiger partial charge in [-0.15, -0.1) is 6.42 Å². The van der Waals surface area contributed by atoms with E-state index >= 15 is 0 Å². The number of carbonyl (C=O) groups excluding carboxylic acids is 2. The minimum Gasteiger partial charge on any atom is -0.300 e. The van der Waals surface area contributed by atoms with Crippen molar-refractivity contribution in [1.29, 1.82) is 0 Å². The Bertz CT molecular complexity index is 803. The van der Waals surface area contributed by atoms with E-state index in [-0.39, 0.29) is 29.2 Å². The highest BCUT2D eigenvalue weighted by Gasteiger charge is 2.33. The Hall–Kier alpha value is -2.73. The Labute approximate surface area is 160 Å². The fraction of sp³-hybridized carbons (Fsp3) is 0.333. The van der Waals surface area contributed by atoms with Gasteiger partial charge in [-0.25, -0.2) is 4.39 Å². The van der Waals surface area contributed by atoms with Crippen molar-refractivity contribution in [3.05, 3.63) is 71.5 Å². The number of hydrogen-bond donors (Lipinski definition) is 0. The van der Waals surface area contributed by atoms with E-state index in [2.05, 4.69) is 12.8 Å². The van der Waals surface area contributed by atoms with Crippen LogP contribution in [0, 0.1) is 35.9 Å². The van der Waals surface area contributed by atoms with Crippen molar-refractivity contribution in [3.8, 4) is 12.3 Å². The summed E-state index contributed by atoms with van der Waals surface area (Å²) in [7, 11) is 0. The number of carbonyl (C=O) groups is 2. The van der Waals surface area contributed by atoms with Crippen LogP contribution in [-0.2, 0) is 4.79 Å². The molecule has 1 aliphatic carbocycles. The summed E-state index contributed by atoms with van der Waals surface area (Å²) in [6.07, 6.45) is 7.43. The zero-order valence-electron chi connectivity index (χ0n) is 15.8. The van der Waals surface area contributed by atoms with Gasteiger partial charge in [-0.3, -0.25) is 9.59 Å². The summed E-state index contributed by atoms with van der Waals surface area (Å²) in [6, 6.07) is 15.3. The number of hydrogen-bond acceptors (Lipinski definition) is 2. The van der Waals surface area contributed by atoms with Crippen LogP contribution in [0.2, 0.25) is 0 Å². The molecule has 1 saturated carbocycles. The zero-order valence-corrected chi connectivity index (χ0v) is 15.8. The van der Waals surface area contributed by atoms with E-state index in [0.29, 0.717) is 17.9 Å². The molecule has 1 unspecified atom stereocenters. The second-order valence-corrected chi connectivity index (χ2v) is 7.20. The number of Topliss-reactive ketones (excluding diaryl/α,β-unsaturated/α-hetero) is 2. The van der Waals surface area contributed by atoms with Gasteiger partial charge < -0.3 is 0 Å². The molecule has 0 bridgehead atoms. The second kappa shape index (κ2) is 9.83. The van der Waals surface area contributed by atoms with E-state index in [0.717, 1.165) is 18.4 Å². The molecule has 0 amide bonds. The van der Waals surface area contributed by atoms with E-state index < -0.39 is 0 Å². The summed E-state index contributed by atoms with van der Waals surface area (Å²) in [5, 5.41) is 0. The van der Waals surface area contributed by atoms with Gasteiger partial charge in [-0.2, -0.15) is 0 Å². The van der Waals surface area contributed by atoms with Gasteiger partial charge in [0.2, 0.25) is 0 Å². The molecule has 140 valence electrons. The lowest BCUT2D eigenvalue weighted by molar-refractivity contribution is -0.122. The highest BCUT2D eigenvalue weighted by Crippen LogP contribution is 2.35. The van der Waals surface area contributed by atoms with Crippen LogP contribution in [0.5, 0.6) is 0 Å². The van der Waals surface area contributed by atoms with Crippen LogP contribution < -0.4 is 0 Å². The summed E-state index contributed by atoms with van der Waals surface area (Å²) in [5.74, 6) is 2.67. The van der Waals surface area contributed by atoms with Gasteiger partial charge in [0.25, 0.3) is 0 Å². The number of halogens is 1. The number of rotatable bonds is 3. The zero-order chi connectivity index (χ0) is 19.8. The van der Waals surface area contributed by atoms with Gasteiger partial charge in [-0.1, -0.05) is 31.0 Å². The molecule has 0 heterocycles. The monoisotopic (exact) mass is 364 g/mol. The third kappa shape index (κ3) is 6.18. The number of terminal acetylenes is 1. The van der Waals surface area contributed by atoms with Crippen molar-refractivity contribution in [1.82, 2.24) is 0 Å². The van der Waals surface area contributed by atoms with E-state index in [1.807, 2.05) is 30.3 Å². The molecule has 0 aromatic heterocycles. The summed E-state index contributed by atoms with van der Waals surface area (Å²) in [5.41, 5.74) is 1.48. The highest BCUT2D eigenvalue weighted by atomic mass is 19.1. The third-order valence-electron chi connectivity index (χ3n) is 4.96. The first-order valence-electron chi connectivity index (χ1n) is 9.22. The highest BCUT2D eigenvalue weighted by molar-refractivity contribution is 5.98. The van der Waals surface area contributed by atoms with Gasteiger partial charge in [-0.05, 0) is 68.5 Å². The second-order valence-electron chi connectivity index (χ2n) is 7.20. The summed E-state index contributed by atoms with van der Waals surface area (Å²) >= 11 is 0. The SMILES string of the molecule is C#Cc1ccccc1.CC(=O)[C@H]1CC(C(=O)c2ccc(F)cc2)C[C@@H](C)C1. The number of benzene rings is 2. The largest absolute Gasteiger partial charge is 0.300 e. The fourth-order valence-electron chi connectivity index (χ4n) is 3.53. The van der Waals surface area contributed by atoms with Crippen molar-refractivity contribution < 1.29 is 14.0 Å². The van der Waals surface area contributed by atoms with E-state index in [1.54, 1.807) is 6.92 Å².